The molecule has 0 saturated carbocycles. The summed E-state index contributed by atoms with van der Waals surface area (Å²) >= 11 is 6.24. The highest BCUT2D eigenvalue weighted by molar-refractivity contribution is 6.31. The van der Waals surface area contributed by atoms with Crippen molar-refractivity contribution in [2.75, 3.05) is 0 Å². The summed E-state index contributed by atoms with van der Waals surface area (Å²) in [6.45, 7) is 5.94. The summed E-state index contributed by atoms with van der Waals surface area (Å²) in [6, 6.07) is 3.87. The van der Waals surface area contributed by atoms with Crippen molar-refractivity contribution >= 4 is 11.6 Å². The van der Waals surface area contributed by atoms with Gasteiger partial charge in [-0.15, -0.1) is 0 Å². The van der Waals surface area contributed by atoms with Crippen LogP contribution < -0.4 is 5.73 Å². The van der Waals surface area contributed by atoms with E-state index in [9.17, 15) is 0 Å². The van der Waals surface area contributed by atoms with Gasteiger partial charge in [-0.3, -0.25) is 9.67 Å². The first-order chi connectivity index (χ1) is 9.06. The van der Waals surface area contributed by atoms with E-state index in [1.165, 1.54) is 0 Å². The zero-order valence-corrected chi connectivity index (χ0v) is 12.2. The molecule has 2 atom stereocenters. The quantitative estimate of drug-likeness (QED) is 0.936. The highest BCUT2D eigenvalue weighted by Gasteiger charge is 2.24. The average molecular weight is 279 g/mol. The van der Waals surface area contributed by atoms with Crippen LogP contribution in [0.5, 0.6) is 0 Å². The van der Waals surface area contributed by atoms with Crippen molar-refractivity contribution in [2.45, 2.75) is 39.3 Å². The molecule has 19 heavy (non-hydrogen) atoms. The summed E-state index contributed by atoms with van der Waals surface area (Å²) in [7, 11) is 0. The summed E-state index contributed by atoms with van der Waals surface area (Å²) in [5.41, 5.74) is 9.10. The van der Waals surface area contributed by atoms with Gasteiger partial charge in [0.1, 0.15) is 0 Å². The monoisotopic (exact) mass is 278 g/mol. The standard InChI is InChI=1S/C14H19ClN4/c1-4-12(16)14(11-6-5-7-17-8-11)19-10(3)13(15)9(2)18-19/h5-8,12,14H,4,16H2,1-3H3. The van der Waals surface area contributed by atoms with E-state index in [0.717, 1.165) is 23.4 Å². The van der Waals surface area contributed by atoms with E-state index in [1.807, 2.05) is 36.9 Å². The number of halogens is 1. The maximum absolute atomic E-state index is 6.28. The van der Waals surface area contributed by atoms with Gasteiger partial charge in [-0.25, -0.2) is 0 Å². The molecule has 0 aliphatic rings. The Morgan fingerprint density at radius 3 is 2.63 bits per heavy atom. The summed E-state index contributed by atoms with van der Waals surface area (Å²) in [5, 5.41) is 5.24. The van der Waals surface area contributed by atoms with E-state index in [1.54, 1.807) is 6.20 Å². The summed E-state index contributed by atoms with van der Waals surface area (Å²) < 4.78 is 1.92. The Morgan fingerprint density at radius 2 is 2.16 bits per heavy atom. The maximum Gasteiger partial charge on any atom is 0.0937 e. The van der Waals surface area contributed by atoms with Crippen LogP contribution in [-0.4, -0.2) is 20.8 Å². The van der Waals surface area contributed by atoms with Gasteiger partial charge < -0.3 is 5.73 Å². The molecule has 0 fully saturated rings. The fourth-order valence-electron chi connectivity index (χ4n) is 2.26. The van der Waals surface area contributed by atoms with E-state index in [2.05, 4.69) is 17.0 Å². The Morgan fingerprint density at radius 1 is 1.42 bits per heavy atom. The van der Waals surface area contributed by atoms with E-state index >= 15 is 0 Å². The van der Waals surface area contributed by atoms with Gasteiger partial charge in [0, 0.05) is 18.4 Å². The largest absolute Gasteiger partial charge is 0.326 e. The van der Waals surface area contributed by atoms with Crippen molar-refractivity contribution in [3.05, 3.63) is 46.5 Å². The van der Waals surface area contributed by atoms with Crippen molar-refractivity contribution in [3.63, 3.8) is 0 Å². The summed E-state index contributed by atoms with van der Waals surface area (Å²) in [6.07, 6.45) is 4.45. The van der Waals surface area contributed by atoms with Gasteiger partial charge in [0.2, 0.25) is 0 Å². The molecule has 2 N–H and O–H groups in total. The number of aryl methyl sites for hydroxylation is 1. The molecule has 4 nitrogen and oxygen atoms in total. The minimum absolute atomic E-state index is 0.0294. The number of nitrogens with zero attached hydrogens (tertiary/aromatic N) is 3. The van der Waals surface area contributed by atoms with Crippen LogP contribution in [0.3, 0.4) is 0 Å². The number of nitrogens with two attached hydrogens (primary N) is 1. The molecule has 0 bridgehead atoms. The van der Waals surface area contributed by atoms with Crippen molar-refractivity contribution in [2.24, 2.45) is 5.73 Å². The lowest BCUT2D eigenvalue weighted by Gasteiger charge is -2.25. The molecule has 2 aromatic heterocycles. The Labute approximate surface area is 118 Å². The predicted octanol–water partition coefficient (Wildman–Crippen LogP) is 2.88. The normalized spacial score (nSPS) is 14.4. The second kappa shape index (κ2) is 5.72. The number of hydrogen-bond acceptors (Lipinski definition) is 3. The first kappa shape index (κ1) is 14.0. The molecule has 2 aromatic rings. The number of pyridine rings is 1. The van der Waals surface area contributed by atoms with Gasteiger partial charge >= 0.3 is 0 Å². The highest BCUT2D eigenvalue weighted by atomic mass is 35.5. The lowest BCUT2D eigenvalue weighted by molar-refractivity contribution is 0.414. The second-order valence-electron chi connectivity index (χ2n) is 4.73. The Kier molecular flexibility index (Phi) is 4.22. The van der Waals surface area contributed by atoms with E-state index in [0.29, 0.717) is 5.02 Å². The molecule has 0 aliphatic carbocycles. The zero-order valence-electron chi connectivity index (χ0n) is 11.5. The molecular formula is C14H19ClN4. The van der Waals surface area contributed by atoms with Crippen molar-refractivity contribution in [1.29, 1.82) is 0 Å². The van der Waals surface area contributed by atoms with Crippen LogP contribution in [0.4, 0.5) is 0 Å². The van der Waals surface area contributed by atoms with Crippen LogP contribution in [0.15, 0.2) is 24.5 Å². The van der Waals surface area contributed by atoms with Gasteiger partial charge in [0.15, 0.2) is 0 Å². The first-order valence-corrected chi connectivity index (χ1v) is 6.80. The lowest BCUT2D eigenvalue weighted by Crippen LogP contribution is -2.33. The Balaban J connectivity index is 2.52. The molecular weight excluding hydrogens is 260 g/mol. The van der Waals surface area contributed by atoms with Crippen LogP contribution in [0.1, 0.15) is 36.3 Å². The van der Waals surface area contributed by atoms with Gasteiger partial charge in [-0.05, 0) is 31.9 Å². The van der Waals surface area contributed by atoms with Crippen LogP contribution in [0, 0.1) is 13.8 Å². The molecule has 2 unspecified atom stereocenters. The van der Waals surface area contributed by atoms with Gasteiger partial charge in [-0.1, -0.05) is 24.6 Å². The van der Waals surface area contributed by atoms with Gasteiger partial charge in [0.05, 0.1) is 22.5 Å². The van der Waals surface area contributed by atoms with Crippen LogP contribution in [0.25, 0.3) is 0 Å². The second-order valence-corrected chi connectivity index (χ2v) is 5.11. The molecule has 0 spiro atoms. The molecule has 0 amide bonds. The molecule has 0 aliphatic heterocycles. The zero-order chi connectivity index (χ0) is 14.0. The van der Waals surface area contributed by atoms with Crippen LogP contribution in [0.2, 0.25) is 5.02 Å². The smallest absolute Gasteiger partial charge is 0.0937 e. The first-order valence-electron chi connectivity index (χ1n) is 6.43. The van der Waals surface area contributed by atoms with Gasteiger partial charge in [0.25, 0.3) is 0 Å². The minimum atomic E-state index is -0.0371. The molecule has 102 valence electrons. The average Bonchev–Trinajstić information content (AvgIpc) is 2.68. The van der Waals surface area contributed by atoms with Crippen LogP contribution in [-0.2, 0) is 0 Å². The maximum atomic E-state index is 6.28. The fraction of sp³-hybridized carbons (Fsp3) is 0.429. The van der Waals surface area contributed by atoms with Crippen molar-refractivity contribution < 1.29 is 0 Å². The predicted molar refractivity (Wildman–Crippen MR) is 77.4 cm³/mol. The number of hydrogen-bond donors (Lipinski definition) is 1. The molecule has 0 saturated heterocycles. The van der Waals surface area contributed by atoms with E-state index < -0.39 is 0 Å². The molecule has 0 aromatic carbocycles. The Bertz CT molecular complexity index is 550. The highest BCUT2D eigenvalue weighted by Crippen LogP contribution is 2.28. The van der Waals surface area contributed by atoms with Gasteiger partial charge in [-0.2, -0.15) is 5.10 Å². The number of aromatic nitrogens is 3. The molecule has 2 heterocycles. The Hall–Kier alpha value is -1.39. The van der Waals surface area contributed by atoms with Crippen LogP contribution >= 0.6 is 11.6 Å². The SMILES string of the molecule is CCC(N)C(c1cccnc1)n1nc(C)c(Cl)c1C. The van der Waals surface area contributed by atoms with Crippen molar-refractivity contribution in [3.8, 4) is 0 Å². The van der Waals surface area contributed by atoms with Crippen molar-refractivity contribution in [1.82, 2.24) is 14.8 Å². The van der Waals surface area contributed by atoms with E-state index in [-0.39, 0.29) is 12.1 Å². The third kappa shape index (κ3) is 2.65. The molecule has 2 rings (SSSR count). The number of rotatable bonds is 4. The third-order valence-corrected chi connectivity index (χ3v) is 3.95. The fourth-order valence-corrected chi connectivity index (χ4v) is 2.38. The topological polar surface area (TPSA) is 56.7 Å². The summed E-state index contributed by atoms with van der Waals surface area (Å²) in [5.74, 6) is 0. The third-order valence-electron chi connectivity index (χ3n) is 3.40. The lowest BCUT2D eigenvalue weighted by atomic mass is 9.99. The molecule has 5 heteroatoms. The molecule has 0 radical (unpaired) electrons. The summed E-state index contributed by atoms with van der Waals surface area (Å²) in [4.78, 5) is 4.18. The minimum Gasteiger partial charge on any atom is -0.326 e. The van der Waals surface area contributed by atoms with E-state index in [4.69, 9.17) is 17.3 Å².